The fraction of sp³-hybridized carbons (Fsp3) is 0.100. The molecule has 3 aromatic rings. The van der Waals surface area contributed by atoms with E-state index in [1.54, 1.807) is 0 Å². The van der Waals surface area contributed by atoms with E-state index in [1.807, 2.05) is 42.5 Å². The summed E-state index contributed by atoms with van der Waals surface area (Å²) in [5, 5.41) is 15.5. The Hall–Kier alpha value is -2.91. The minimum absolute atomic E-state index is 0.0762. The molecule has 3 rings (SSSR count). The SMILES string of the molecule is O=C(COC(=O)CSc1ccc2ccccc2c1)Nc1ccc([N+](=O)[O-])cc1Br. The fourth-order valence-corrected chi connectivity index (χ4v) is 3.70. The lowest BCUT2D eigenvalue weighted by Crippen LogP contribution is -2.21. The number of thioether (sulfide) groups is 1. The van der Waals surface area contributed by atoms with E-state index in [9.17, 15) is 19.7 Å². The van der Waals surface area contributed by atoms with E-state index >= 15 is 0 Å². The van der Waals surface area contributed by atoms with E-state index in [4.69, 9.17) is 4.74 Å². The Morgan fingerprint density at radius 1 is 1.07 bits per heavy atom. The number of nitro benzene ring substituents is 1. The highest BCUT2D eigenvalue weighted by Gasteiger charge is 2.13. The Morgan fingerprint density at radius 2 is 1.83 bits per heavy atom. The number of nitrogens with one attached hydrogen (secondary N) is 1. The zero-order valence-electron chi connectivity index (χ0n) is 15.0. The van der Waals surface area contributed by atoms with Crippen molar-refractivity contribution in [1.82, 2.24) is 0 Å². The zero-order chi connectivity index (χ0) is 20.8. The second kappa shape index (κ2) is 9.53. The molecule has 0 heterocycles. The normalized spacial score (nSPS) is 10.5. The molecule has 0 aliphatic heterocycles. The molecule has 3 aromatic carbocycles. The summed E-state index contributed by atoms with van der Waals surface area (Å²) in [5.74, 6) is -0.975. The van der Waals surface area contributed by atoms with Gasteiger partial charge in [-0.25, -0.2) is 0 Å². The van der Waals surface area contributed by atoms with Crippen molar-refractivity contribution >= 4 is 61.7 Å². The highest BCUT2D eigenvalue weighted by atomic mass is 79.9. The van der Waals surface area contributed by atoms with Gasteiger partial charge in [0.1, 0.15) is 0 Å². The predicted molar refractivity (Wildman–Crippen MR) is 115 cm³/mol. The van der Waals surface area contributed by atoms with E-state index in [-0.39, 0.29) is 11.4 Å². The van der Waals surface area contributed by atoms with Crippen LogP contribution in [0.3, 0.4) is 0 Å². The summed E-state index contributed by atoms with van der Waals surface area (Å²) in [5.41, 5.74) is 0.245. The number of carbonyl (C=O) groups excluding carboxylic acids is 2. The second-order valence-electron chi connectivity index (χ2n) is 5.93. The minimum atomic E-state index is -0.538. The number of benzene rings is 3. The first kappa shape index (κ1) is 20.8. The van der Waals surface area contributed by atoms with Crippen molar-refractivity contribution in [1.29, 1.82) is 0 Å². The molecule has 0 saturated heterocycles. The molecule has 0 radical (unpaired) electrons. The van der Waals surface area contributed by atoms with Crippen molar-refractivity contribution in [3.63, 3.8) is 0 Å². The van der Waals surface area contributed by atoms with Gasteiger partial charge in [0, 0.05) is 21.5 Å². The number of non-ortho nitro benzene ring substituents is 1. The highest BCUT2D eigenvalue weighted by molar-refractivity contribution is 9.10. The topological polar surface area (TPSA) is 98.5 Å². The van der Waals surface area contributed by atoms with Crippen LogP contribution in [0.15, 0.2) is 70.0 Å². The van der Waals surface area contributed by atoms with E-state index in [1.165, 1.54) is 30.0 Å². The molecule has 1 N–H and O–H groups in total. The Balaban J connectivity index is 1.47. The fourth-order valence-electron chi connectivity index (χ4n) is 2.49. The van der Waals surface area contributed by atoms with Crippen LogP contribution in [0, 0.1) is 10.1 Å². The largest absolute Gasteiger partial charge is 0.455 e. The van der Waals surface area contributed by atoms with Crippen LogP contribution in [0.4, 0.5) is 11.4 Å². The Bertz CT molecular complexity index is 1090. The third-order valence-corrected chi connectivity index (χ3v) is 5.50. The lowest BCUT2D eigenvalue weighted by molar-refractivity contribution is -0.384. The molecule has 7 nitrogen and oxygen atoms in total. The van der Waals surface area contributed by atoms with E-state index in [0.717, 1.165) is 15.7 Å². The minimum Gasteiger partial charge on any atom is -0.455 e. The number of rotatable bonds is 7. The van der Waals surface area contributed by atoms with Gasteiger partial charge >= 0.3 is 5.97 Å². The number of ether oxygens (including phenoxy) is 1. The van der Waals surface area contributed by atoms with Crippen LogP contribution in [0.5, 0.6) is 0 Å². The Morgan fingerprint density at radius 3 is 2.55 bits per heavy atom. The van der Waals surface area contributed by atoms with Gasteiger partial charge in [-0.05, 0) is 44.9 Å². The van der Waals surface area contributed by atoms with Crippen molar-refractivity contribution in [2.75, 3.05) is 17.7 Å². The third kappa shape index (κ3) is 5.78. The van der Waals surface area contributed by atoms with Crippen LogP contribution in [-0.2, 0) is 14.3 Å². The standard InChI is InChI=1S/C20H15BrN2O5S/c21-17-10-15(23(26)27)6-8-18(17)22-19(24)11-28-20(25)12-29-16-7-5-13-3-1-2-4-14(13)9-16/h1-10H,11-12H2,(H,22,24). The number of amides is 1. The summed E-state index contributed by atoms with van der Waals surface area (Å²) in [6.07, 6.45) is 0. The number of halogens is 1. The van der Waals surface area contributed by atoms with Gasteiger partial charge in [-0.3, -0.25) is 19.7 Å². The van der Waals surface area contributed by atoms with Gasteiger partial charge in [-0.1, -0.05) is 30.3 Å². The number of nitrogens with zero attached hydrogens (tertiary/aromatic N) is 1. The molecule has 0 atom stereocenters. The van der Waals surface area contributed by atoms with Crippen molar-refractivity contribution in [3.8, 4) is 0 Å². The first-order valence-electron chi connectivity index (χ1n) is 8.43. The van der Waals surface area contributed by atoms with E-state index in [0.29, 0.717) is 10.2 Å². The molecule has 0 spiro atoms. The van der Waals surface area contributed by atoms with Gasteiger partial charge in [-0.15, -0.1) is 11.8 Å². The first-order chi connectivity index (χ1) is 13.9. The molecular weight excluding hydrogens is 460 g/mol. The lowest BCUT2D eigenvalue weighted by atomic mass is 10.1. The molecule has 0 bridgehead atoms. The summed E-state index contributed by atoms with van der Waals surface area (Å²) in [6, 6.07) is 17.8. The quantitative estimate of drug-likeness (QED) is 0.229. The lowest BCUT2D eigenvalue weighted by Gasteiger charge is -2.08. The molecule has 148 valence electrons. The molecule has 0 unspecified atom stereocenters. The molecule has 29 heavy (non-hydrogen) atoms. The average Bonchev–Trinajstić information content (AvgIpc) is 2.72. The van der Waals surface area contributed by atoms with Crippen molar-refractivity contribution < 1.29 is 19.2 Å². The Labute approximate surface area is 178 Å². The van der Waals surface area contributed by atoms with Crippen molar-refractivity contribution in [2.45, 2.75) is 4.90 Å². The summed E-state index contributed by atoms with van der Waals surface area (Å²) >= 11 is 4.49. The molecular formula is C20H15BrN2O5S. The third-order valence-electron chi connectivity index (χ3n) is 3.88. The van der Waals surface area contributed by atoms with Gasteiger partial charge in [0.05, 0.1) is 16.4 Å². The number of esters is 1. The number of fused-ring (bicyclic) bond motifs is 1. The van der Waals surface area contributed by atoms with Gasteiger partial charge < -0.3 is 10.1 Å². The van der Waals surface area contributed by atoms with Crippen LogP contribution in [-0.4, -0.2) is 29.2 Å². The van der Waals surface area contributed by atoms with Gasteiger partial charge in [0.2, 0.25) is 0 Å². The summed E-state index contributed by atoms with van der Waals surface area (Å²) in [4.78, 5) is 35.0. The van der Waals surface area contributed by atoms with Crippen LogP contribution < -0.4 is 5.32 Å². The molecule has 0 aromatic heterocycles. The van der Waals surface area contributed by atoms with Crippen LogP contribution in [0.1, 0.15) is 0 Å². The first-order valence-corrected chi connectivity index (χ1v) is 10.2. The summed E-state index contributed by atoms with van der Waals surface area (Å²) in [6.45, 7) is -0.444. The predicted octanol–water partition coefficient (Wildman–Crippen LogP) is 4.78. The van der Waals surface area contributed by atoms with Crippen molar-refractivity contribution in [2.24, 2.45) is 0 Å². The van der Waals surface area contributed by atoms with Gasteiger partial charge in [0.25, 0.3) is 11.6 Å². The molecule has 0 aliphatic rings. The van der Waals surface area contributed by atoms with Gasteiger partial charge in [-0.2, -0.15) is 0 Å². The number of anilines is 1. The number of hydrogen-bond acceptors (Lipinski definition) is 6. The summed E-state index contributed by atoms with van der Waals surface area (Å²) < 4.78 is 5.35. The molecule has 0 fully saturated rings. The summed E-state index contributed by atoms with van der Waals surface area (Å²) in [7, 11) is 0. The molecule has 9 heteroatoms. The maximum absolute atomic E-state index is 12.0. The Kier molecular flexibility index (Phi) is 6.84. The van der Waals surface area contributed by atoms with Crippen LogP contribution in [0.2, 0.25) is 0 Å². The monoisotopic (exact) mass is 474 g/mol. The molecule has 0 saturated carbocycles. The highest BCUT2D eigenvalue weighted by Crippen LogP contribution is 2.27. The average molecular weight is 475 g/mol. The van der Waals surface area contributed by atoms with Crippen molar-refractivity contribution in [3.05, 3.63) is 75.3 Å². The zero-order valence-corrected chi connectivity index (χ0v) is 17.4. The molecule has 1 amide bonds. The van der Waals surface area contributed by atoms with Gasteiger partial charge in [0.15, 0.2) is 6.61 Å². The number of nitro groups is 1. The smallest absolute Gasteiger partial charge is 0.316 e. The second-order valence-corrected chi connectivity index (χ2v) is 7.83. The number of carbonyl (C=O) groups is 2. The van der Waals surface area contributed by atoms with Crippen LogP contribution in [0.25, 0.3) is 10.8 Å². The maximum atomic E-state index is 12.0. The maximum Gasteiger partial charge on any atom is 0.316 e. The van der Waals surface area contributed by atoms with E-state index in [2.05, 4.69) is 21.2 Å². The molecule has 0 aliphatic carbocycles. The van der Waals surface area contributed by atoms with Crippen LogP contribution >= 0.6 is 27.7 Å². The number of hydrogen-bond donors (Lipinski definition) is 1. The van der Waals surface area contributed by atoms with E-state index < -0.39 is 23.4 Å².